The molecule has 0 spiro atoms. The second kappa shape index (κ2) is 8.39. The Morgan fingerprint density at radius 2 is 1.61 bits per heavy atom. The van der Waals surface area contributed by atoms with Crippen molar-refractivity contribution in [1.82, 2.24) is 5.43 Å². The van der Waals surface area contributed by atoms with Crippen LogP contribution in [0, 0.1) is 0 Å². The summed E-state index contributed by atoms with van der Waals surface area (Å²) in [4.78, 5) is 10.4. The van der Waals surface area contributed by atoms with E-state index in [-0.39, 0.29) is 16.5 Å². The van der Waals surface area contributed by atoms with E-state index in [9.17, 15) is 13.2 Å². The van der Waals surface area contributed by atoms with Gasteiger partial charge in [0.1, 0.15) is 0 Å². The van der Waals surface area contributed by atoms with Crippen LogP contribution in [-0.2, 0) is 10.1 Å². The first kappa shape index (κ1) is 18.8. The number of carboxylic acid groups (broad SMARTS) is 1. The van der Waals surface area contributed by atoms with Gasteiger partial charge in [0.2, 0.25) is 0 Å². The molecule has 0 saturated carbocycles. The predicted molar refractivity (Wildman–Crippen MR) is 85.4 cm³/mol. The molecule has 1 unspecified atom stereocenters. The van der Waals surface area contributed by atoms with Gasteiger partial charge >= 0.3 is 5.97 Å². The third-order valence-electron chi connectivity index (χ3n) is 2.95. The first-order valence-corrected chi connectivity index (χ1v) is 8.01. The number of hydrogen-bond acceptors (Lipinski definition) is 5. The smallest absolute Gasteiger partial charge is 0.335 e. The molecule has 0 fully saturated rings. The zero-order valence-electron chi connectivity index (χ0n) is 12.4. The molecule has 8 heteroatoms. The fourth-order valence-electron chi connectivity index (χ4n) is 1.60. The standard InChI is InChI=1S/C9H12N2O2.C6H6O3S/c1-6(11-10)7-2-4-8(5-3-7)9(12)13;7-10(8,9)6-4-2-1-3-5-6/h2-6,11H,10H2,1H3,(H,12,13);1-5H,(H,7,8,9). The Balaban J connectivity index is 0.000000238. The predicted octanol–water partition coefficient (Wildman–Crippen LogP) is 1.84. The van der Waals surface area contributed by atoms with Crippen molar-refractivity contribution in [3.8, 4) is 0 Å². The molecule has 2 aromatic rings. The highest BCUT2D eigenvalue weighted by atomic mass is 32.2. The van der Waals surface area contributed by atoms with Gasteiger partial charge in [-0.2, -0.15) is 8.42 Å². The highest BCUT2D eigenvalue weighted by Crippen LogP contribution is 2.12. The van der Waals surface area contributed by atoms with Crippen LogP contribution in [0.5, 0.6) is 0 Å². The number of nitrogens with two attached hydrogens (primary N) is 1. The monoisotopic (exact) mass is 338 g/mol. The number of carbonyl (C=O) groups is 1. The minimum atomic E-state index is -4.00. The van der Waals surface area contributed by atoms with Gasteiger partial charge in [0, 0.05) is 6.04 Å². The second-order valence-corrected chi connectivity index (χ2v) is 6.03. The summed E-state index contributed by atoms with van der Waals surface area (Å²) < 4.78 is 29.2. The van der Waals surface area contributed by atoms with Crippen molar-refractivity contribution >= 4 is 16.1 Å². The lowest BCUT2D eigenvalue weighted by Crippen LogP contribution is -2.25. The molecule has 2 rings (SSSR count). The molecule has 23 heavy (non-hydrogen) atoms. The maximum atomic E-state index is 10.5. The Bertz CT molecular complexity index is 730. The third kappa shape index (κ3) is 6.17. The average molecular weight is 338 g/mol. The molecule has 1 atom stereocenters. The Morgan fingerprint density at radius 1 is 1.09 bits per heavy atom. The van der Waals surface area contributed by atoms with Gasteiger partial charge in [-0.15, -0.1) is 0 Å². The fraction of sp³-hybridized carbons (Fsp3) is 0.133. The molecule has 0 bridgehead atoms. The van der Waals surface area contributed by atoms with Crippen molar-refractivity contribution in [1.29, 1.82) is 0 Å². The van der Waals surface area contributed by atoms with Crippen LogP contribution in [0.3, 0.4) is 0 Å². The largest absolute Gasteiger partial charge is 0.478 e. The lowest BCUT2D eigenvalue weighted by Gasteiger charge is -2.09. The van der Waals surface area contributed by atoms with Crippen molar-refractivity contribution in [2.45, 2.75) is 17.9 Å². The maximum absolute atomic E-state index is 10.5. The van der Waals surface area contributed by atoms with E-state index in [1.165, 1.54) is 12.1 Å². The van der Waals surface area contributed by atoms with Crippen molar-refractivity contribution in [3.63, 3.8) is 0 Å². The summed E-state index contributed by atoms with van der Waals surface area (Å²) in [6.45, 7) is 1.90. The lowest BCUT2D eigenvalue weighted by atomic mass is 10.1. The summed E-state index contributed by atoms with van der Waals surface area (Å²) >= 11 is 0. The number of rotatable bonds is 4. The van der Waals surface area contributed by atoms with Crippen molar-refractivity contribution in [2.24, 2.45) is 5.84 Å². The van der Waals surface area contributed by atoms with Crippen molar-refractivity contribution < 1.29 is 22.9 Å². The van der Waals surface area contributed by atoms with Crippen LogP contribution >= 0.6 is 0 Å². The summed E-state index contributed by atoms with van der Waals surface area (Å²) in [6.07, 6.45) is 0. The quantitative estimate of drug-likeness (QED) is 0.380. The zero-order valence-corrected chi connectivity index (χ0v) is 13.2. The van der Waals surface area contributed by atoms with Gasteiger partial charge in [0.25, 0.3) is 10.1 Å². The van der Waals surface area contributed by atoms with Gasteiger partial charge in [-0.05, 0) is 36.8 Å². The van der Waals surface area contributed by atoms with Crippen LogP contribution in [0.4, 0.5) is 0 Å². The Kier molecular flexibility index (Phi) is 6.86. The summed E-state index contributed by atoms with van der Waals surface area (Å²) in [5, 5.41) is 8.63. The Labute approximate surface area is 134 Å². The molecule has 0 aliphatic carbocycles. The van der Waals surface area contributed by atoms with Gasteiger partial charge < -0.3 is 5.11 Å². The van der Waals surface area contributed by atoms with E-state index < -0.39 is 16.1 Å². The first-order valence-electron chi connectivity index (χ1n) is 6.57. The number of aromatic carboxylic acids is 1. The van der Waals surface area contributed by atoms with Crippen LogP contribution in [0.1, 0.15) is 28.9 Å². The normalized spacial score (nSPS) is 12.0. The number of hydrogen-bond donors (Lipinski definition) is 4. The van der Waals surface area contributed by atoms with Gasteiger partial charge in [-0.1, -0.05) is 30.3 Å². The summed E-state index contributed by atoms with van der Waals surface area (Å²) in [6, 6.07) is 14.1. The molecule has 0 amide bonds. The highest BCUT2D eigenvalue weighted by molar-refractivity contribution is 7.85. The van der Waals surface area contributed by atoms with Gasteiger partial charge in [0.05, 0.1) is 10.5 Å². The molecule has 5 N–H and O–H groups in total. The SMILES string of the molecule is CC(NN)c1ccc(C(=O)O)cc1.O=S(=O)(O)c1ccccc1. The third-order valence-corrected chi connectivity index (χ3v) is 3.82. The molecule has 0 heterocycles. The van der Waals surface area contributed by atoms with Gasteiger partial charge in [-0.3, -0.25) is 15.8 Å². The van der Waals surface area contributed by atoms with E-state index in [0.29, 0.717) is 0 Å². The minimum absolute atomic E-state index is 0.0304. The van der Waals surface area contributed by atoms with Crippen LogP contribution < -0.4 is 11.3 Å². The minimum Gasteiger partial charge on any atom is -0.478 e. The maximum Gasteiger partial charge on any atom is 0.335 e. The molecular weight excluding hydrogens is 320 g/mol. The highest BCUT2D eigenvalue weighted by Gasteiger charge is 2.06. The Hall–Kier alpha value is -2.26. The van der Waals surface area contributed by atoms with Crippen molar-refractivity contribution in [3.05, 3.63) is 65.7 Å². The lowest BCUT2D eigenvalue weighted by molar-refractivity contribution is 0.0697. The summed E-state index contributed by atoms with van der Waals surface area (Å²) in [5.41, 5.74) is 3.83. The number of carboxylic acids is 1. The van der Waals surface area contributed by atoms with E-state index in [1.807, 2.05) is 6.92 Å². The van der Waals surface area contributed by atoms with Gasteiger partial charge in [0.15, 0.2) is 0 Å². The topological polar surface area (TPSA) is 130 Å². The number of benzene rings is 2. The van der Waals surface area contributed by atoms with E-state index >= 15 is 0 Å². The van der Waals surface area contributed by atoms with E-state index in [2.05, 4.69) is 5.43 Å². The Morgan fingerprint density at radius 3 is 1.96 bits per heavy atom. The molecular formula is C15H18N2O5S. The van der Waals surface area contributed by atoms with Crippen LogP contribution in [0.2, 0.25) is 0 Å². The van der Waals surface area contributed by atoms with E-state index in [1.54, 1.807) is 42.5 Å². The molecule has 2 aromatic carbocycles. The number of hydrazine groups is 1. The van der Waals surface area contributed by atoms with Crippen molar-refractivity contribution in [2.75, 3.05) is 0 Å². The summed E-state index contributed by atoms with van der Waals surface area (Å²) in [5.74, 6) is 4.32. The van der Waals surface area contributed by atoms with E-state index in [4.69, 9.17) is 15.5 Å². The molecule has 0 aliphatic rings. The molecule has 0 aliphatic heterocycles. The molecule has 0 saturated heterocycles. The van der Waals surface area contributed by atoms with Gasteiger partial charge in [-0.25, -0.2) is 4.79 Å². The zero-order chi connectivity index (χ0) is 17.5. The molecule has 7 nitrogen and oxygen atoms in total. The fourth-order valence-corrected chi connectivity index (χ4v) is 2.10. The first-order chi connectivity index (χ1) is 10.8. The molecule has 0 radical (unpaired) electrons. The average Bonchev–Trinajstić information content (AvgIpc) is 2.55. The second-order valence-electron chi connectivity index (χ2n) is 4.60. The van der Waals surface area contributed by atoms with E-state index in [0.717, 1.165) is 5.56 Å². The van der Waals surface area contributed by atoms with Crippen LogP contribution in [-0.4, -0.2) is 24.0 Å². The number of nitrogens with one attached hydrogen (secondary N) is 1. The summed E-state index contributed by atoms with van der Waals surface area (Å²) in [7, 11) is -4.00. The molecule has 0 aromatic heterocycles. The van der Waals surface area contributed by atoms with Crippen LogP contribution in [0.15, 0.2) is 59.5 Å². The van der Waals surface area contributed by atoms with Crippen LogP contribution in [0.25, 0.3) is 0 Å². The molecule has 124 valence electrons.